The van der Waals surface area contributed by atoms with E-state index in [2.05, 4.69) is 12.2 Å². The van der Waals surface area contributed by atoms with Gasteiger partial charge in [0.25, 0.3) is 0 Å². The maximum atomic E-state index is 13.7. The molecule has 0 atom stereocenters. The highest BCUT2D eigenvalue weighted by atomic mass is 19.1. The van der Waals surface area contributed by atoms with Gasteiger partial charge in [0.1, 0.15) is 5.69 Å². The third-order valence-corrected chi connectivity index (χ3v) is 2.93. The Bertz CT molecular complexity index is 620. The summed E-state index contributed by atoms with van der Waals surface area (Å²) in [4.78, 5) is 0. The molecule has 2 rings (SSSR count). The number of hydrogen-bond donors (Lipinski definition) is 1. The van der Waals surface area contributed by atoms with E-state index in [0.717, 1.165) is 25.0 Å². The standard InChI is InChI=1S/C16H14F2N2/c1-2-3-11-4-6-13(7-5-11)20-16-14(17)8-12(10-19)9-15(16)18/h4-9,20H,2-3H2,1H3. The van der Waals surface area contributed by atoms with Crippen molar-refractivity contribution in [3.05, 3.63) is 59.2 Å². The molecule has 0 fully saturated rings. The second-order valence-corrected chi connectivity index (χ2v) is 4.50. The summed E-state index contributed by atoms with van der Waals surface area (Å²) < 4.78 is 27.5. The first-order valence-corrected chi connectivity index (χ1v) is 6.39. The van der Waals surface area contributed by atoms with Crippen LogP contribution in [0.1, 0.15) is 24.5 Å². The van der Waals surface area contributed by atoms with Crippen molar-refractivity contribution in [1.29, 1.82) is 5.26 Å². The molecular weight excluding hydrogens is 258 g/mol. The number of rotatable bonds is 4. The zero-order valence-corrected chi connectivity index (χ0v) is 11.1. The van der Waals surface area contributed by atoms with E-state index in [1.54, 1.807) is 18.2 Å². The first-order valence-electron chi connectivity index (χ1n) is 6.39. The molecule has 2 aromatic carbocycles. The molecule has 0 saturated heterocycles. The Hall–Kier alpha value is -2.41. The molecular formula is C16H14F2N2. The second kappa shape index (κ2) is 6.16. The minimum absolute atomic E-state index is 0.0381. The van der Waals surface area contributed by atoms with Crippen LogP contribution in [0.3, 0.4) is 0 Å². The largest absolute Gasteiger partial charge is 0.351 e. The van der Waals surface area contributed by atoms with E-state index >= 15 is 0 Å². The first-order chi connectivity index (χ1) is 9.63. The maximum absolute atomic E-state index is 13.7. The lowest BCUT2D eigenvalue weighted by Gasteiger charge is -2.10. The van der Waals surface area contributed by atoms with Crippen LogP contribution in [0.25, 0.3) is 0 Å². The smallest absolute Gasteiger partial charge is 0.150 e. The molecule has 0 aliphatic carbocycles. The summed E-state index contributed by atoms with van der Waals surface area (Å²) in [6, 6.07) is 11.1. The Morgan fingerprint density at radius 2 is 1.70 bits per heavy atom. The van der Waals surface area contributed by atoms with E-state index in [4.69, 9.17) is 5.26 Å². The van der Waals surface area contributed by atoms with E-state index in [0.29, 0.717) is 5.69 Å². The van der Waals surface area contributed by atoms with E-state index in [-0.39, 0.29) is 11.3 Å². The van der Waals surface area contributed by atoms with Crippen LogP contribution < -0.4 is 5.32 Å². The lowest BCUT2D eigenvalue weighted by atomic mass is 10.1. The SMILES string of the molecule is CCCc1ccc(Nc2c(F)cc(C#N)cc2F)cc1. The molecule has 0 aromatic heterocycles. The van der Waals surface area contributed by atoms with Gasteiger partial charge in [0.15, 0.2) is 11.6 Å². The Morgan fingerprint density at radius 3 is 2.20 bits per heavy atom. The molecule has 102 valence electrons. The van der Waals surface area contributed by atoms with Crippen molar-refractivity contribution in [1.82, 2.24) is 0 Å². The topological polar surface area (TPSA) is 35.8 Å². The van der Waals surface area contributed by atoms with E-state index in [1.807, 2.05) is 12.1 Å². The molecule has 0 amide bonds. The minimum atomic E-state index is -0.779. The van der Waals surface area contributed by atoms with Crippen molar-refractivity contribution in [3.8, 4) is 6.07 Å². The third kappa shape index (κ3) is 3.12. The fraction of sp³-hybridized carbons (Fsp3) is 0.188. The lowest BCUT2D eigenvalue weighted by Crippen LogP contribution is -1.98. The number of benzene rings is 2. The average molecular weight is 272 g/mol. The molecule has 0 aliphatic heterocycles. The van der Waals surface area contributed by atoms with Crippen LogP contribution in [-0.2, 0) is 6.42 Å². The van der Waals surface area contributed by atoms with Gasteiger partial charge in [-0.3, -0.25) is 0 Å². The minimum Gasteiger partial charge on any atom is -0.351 e. The van der Waals surface area contributed by atoms with Crippen LogP contribution in [0.5, 0.6) is 0 Å². The average Bonchev–Trinajstić information content (AvgIpc) is 2.44. The van der Waals surface area contributed by atoms with Crippen LogP contribution >= 0.6 is 0 Å². The molecule has 0 spiro atoms. The normalized spacial score (nSPS) is 10.1. The van der Waals surface area contributed by atoms with Crippen molar-refractivity contribution >= 4 is 11.4 Å². The van der Waals surface area contributed by atoms with Crippen LogP contribution in [0.2, 0.25) is 0 Å². The number of aryl methyl sites for hydroxylation is 1. The fourth-order valence-electron chi connectivity index (χ4n) is 1.94. The van der Waals surface area contributed by atoms with Gasteiger partial charge in [-0.15, -0.1) is 0 Å². The number of halogens is 2. The van der Waals surface area contributed by atoms with Crippen molar-refractivity contribution in [2.24, 2.45) is 0 Å². The highest BCUT2D eigenvalue weighted by molar-refractivity contribution is 5.62. The summed E-state index contributed by atoms with van der Waals surface area (Å²) in [6.07, 6.45) is 2.02. The molecule has 4 heteroatoms. The summed E-state index contributed by atoms with van der Waals surface area (Å²) in [5, 5.41) is 11.3. The molecule has 0 heterocycles. The van der Waals surface area contributed by atoms with Crippen LogP contribution in [-0.4, -0.2) is 0 Å². The summed E-state index contributed by atoms with van der Waals surface area (Å²) in [7, 11) is 0. The number of nitrogens with zero attached hydrogens (tertiary/aromatic N) is 1. The van der Waals surface area contributed by atoms with Crippen molar-refractivity contribution in [2.45, 2.75) is 19.8 Å². The Balaban J connectivity index is 2.24. The molecule has 0 bridgehead atoms. The fourth-order valence-corrected chi connectivity index (χ4v) is 1.94. The quantitative estimate of drug-likeness (QED) is 0.887. The summed E-state index contributed by atoms with van der Waals surface area (Å²) in [5.41, 5.74) is 1.50. The van der Waals surface area contributed by atoms with Crippen molar-refractivity contribution in [3.63, 3.8) is 0 Å². The van der Waals surface area contributed by atoms with Crippen LogP contribution in [0.15, 0.2) is 36.4 Å². The van der Waals surface area contributed by atoms with E-state index < -0.39 is 11.6 Å². The summed E-state index contributed by atoms with van der Waals surface area (Å²) >= 11 is 0. The molecule has 0 aliphatic rings. The van der Waals surface area contributed by atoms with Crippen LogP contribution in [0.4, 0.5) is 20.2 Å². The van der Waals surface area contributed by atoms with Gasteiger partial charge in [0.2, 0.25) is 0 Å². The highest BCUT2D eigenvalue weighted by Gasteiger charge is 2.11. The first kappa shape index (κ1) is 14.0. The van der Waals surface area contributed by atoms with E-state index in [9.17, 15) is 8.78 Å². The molecule has 2 nitrogen and oxygen atoms in total. The number of nitriles is 1. The third-order valence-electron chi connectivity index (χ3n) is 2.93. The van der Waals surface area contributed by atoms with Gasteiger partial charge in [-0.2, -0.15) is 5.26 Å². The zero-order chi connectivity index (χ0) is 14.5. The number of nitrogens with one attached hydrogen (secondary N) is 1. The van der Waals surface area contributed by atoms with Gasteiger partial charge in [0, 0.05) is 5.69 Å². The van der Waals surface area contributed by atoms with Crippen molar-refractivity contribution < 1.29 is 8.78 Å². The molecule has 0 saturated carbocycles. The maximum Gasteiger partial charge on any atom is 0.150 e. The molecule has 20 heavy (non-hydrogen) atoms. The predicted molar refractivity (Wildman–Crippen MR) is 74.8 cm³/mol. The zero-order valence-electron chi connectivity index (χ0n) is 11.1. The summed E-state index contributed by atoms with van der Waals surface area (Å²) in [5.74, 6) is -1.56. The monoisotopic (exact) mass is 272 g/mol. The molecule has 0 radical (unpaired) electrons. The predicted octanol–water partition coefficient (Wildman–Crippen LogP) is 4.53. The molecule has 0 unspecified atom stereocenters. The van der Waals surface area contributed by atoms with Gasteiger partial charge in [-0.25, -0.2) is 8.78 Å². The van der Waals surface area contributed by atoms with Gasteiger partial charge in [-0.05, 0) is 36.2 Å². The van der Waals surface area contributed by atoms with Gasteiger partial charge in [-0.1, -0.05) is 25.5 Å². The Morgan fingerprint density at radius 1 is 1.10 bits per heavy atom. The van der Waals surface area contributed by atoms with Crippen molar-refractivity contribution in [2.75, 3.05) is 5.32 Å². The highest BCUT2D eigenvalue weighted by Crippen LogP contribution is 2.25. The number of hydrogen-bond acceptors (Lipinski definition) is 2. The Labute approximate surface area is 116 Å². The number of anilines is 2. The summed E-state index contributed by atoms with van der Waals surface area (Å²) in [6.45, 7) is 2.09. The van der Waals surface area contributed by atoms with Gasteiger partial charge >= 0.3 is 0 Å². The second-order valence-electron chi connectivity index (χ2n) is 4.50. The molecule has 2 aromatic rings. The Kier molecular flexibility index (Phi) is 4.31. The van der Waals surface area contributed by atoms with E-state index in [1.165, 1.54) is 5.56 Å². The van der Waals surface area contributed by atoms with Crippen LogP contribution in [0, 0.1) is 23.0 Å². The molecule has 1 N–H and O–H groups in total. The lowest BCUT2D eigenvalue weighted by molar-refractivity contribution is 0.590. The van der Waals surface area contributed by atoms with Gasteiger partial charge < -0.3 is 5.32 Å². The van der Waals surface area contributed by atoms with Gasteiger partial charge in [0.05, 0.1) is 11.6 Å².